The Morgan fingerprint density at radius 2 is 1.72 bits per heavy atom. The third-order valence-corrected chi connectivity index (χ3v) is 5.48. The first kappa shape index (κ1) is 16.4. The lowest BCUT2D eigenvalue weighted by molar-refractivity contribution is -0.120. The lowest BCUT2D eigenvalue weighted by Crippen LogP contribution is -2.63. The minimum absolute atomic E-state index is 0.199. The number of rotatable bonds is 3. The molecule has 3 fully saturated rings. The van der Waals surface area contributed by atoms with Crippen LogP contribution in [0.4, 0.5) is 16.2 Å². The average molecular weight is 343 g/mol. The number of imide groups is 1. The van der Waals surface area contributed by atoms with Crippen molar-refractivity contribution in [1.82, 2.24) is 15.1 Å². The number of benzene rings is 1. The van der Waals surface area contributed by atoms with Crippen molar-refractivity contribution >= 4 is 23.3 Å². The molecule has 1 aromatic rings. The minimum atomic E-state index is -0.327. The fraction of sp³-hybridized carbons (Fsp3) is 0.556. The monoisotopic (exact) mass is 343 g/mol. The first-order valence-electron chi connectivity index (χ1n) is 8.99. The summed E-state index contributed by atoms with van der Waals surface area (Å²) >= 11 is 0. The fourth-order valence-electron chi connectivity index (χ4n) is 3.75. The molecule has 1 N–H and O–H groups in total. The van der Waals surface area contributed by atoms with Crippen LogP contribution in [0.3, 0.4) is 0 Å². The fourth-order valence-corrected chi connectivity index (χ4v) is 3.75. The number of piperazine rings is 1. The summed E-state index contributed by atoms with van der Waals surface area (Å²) in [6, 6.07) is 8.36. The molecular formula is C18H25N5O2. The summed E-state index contributed by atoms with van der Waals surface area (Å²) in [5.41, 5.74) is 2.00. The molecule has 0 unspecified atom stereocenters. The molecule has 0 aromatic heterocycles. The summed E-state index contributed by atoms with van der Waals surface area (Å²) in [6.45, 7) is 7.12. The molecule has 0 spiro atoms. The third-order valence-electron chi connectivity index (χ3n) is 5.48. The Bertz CT molecular complexity index is 665. The maximum absolute atomic E-state index is 12.0. The first-order chi connectivity index (χ1) is 12.1. The smallest absolute Gasteiger partial charge is 0.328 e. The van der Waals surface area contributed by atoms with E-state index in [1.165, 1.54) is 0 Å². The van der Waals surface area contributed by atoms with Crippen LogP contribution in [0.5, 0.6) is 0 Å². The van der Waals surface area contributed by atoms with Crippen molar-refractivity contribution in [3.63, 3.8) is 0 Å². The van der Waals surface area contributed by atoms with E-state index in [1.54, 1.807) is 4.90 Å². The molecule has 25 heavy (non-hydrogen) atoms. The SMILES string of the molecule is CN1CCN(C2CN(c3cccc(N4CCC(=O)NC4=O)c3)C2)CC1. The molecule has 3 aliphatic rings. The van der Waals surface area contributed by atoms with E-state index >= 15 is 0 Å². The van der Waals surface area contributed by atoms with E-state index in [4.69, 9.17) is 0 Å². The molecule has 0 saturated carbocycles. The Labute approximate surface area is 148 Å². The number of hydrogen-bond donors (Lipinski definition) is 1. The number of urea groups is 1. The number of nitrogens with zero attached hydrogens (tertiary/aromatic N) is 4. The number of carbonyl (C=O) groups excluding carboxylic acids is 2. The molecule has 0 atom stereocenters. The van der Waals surface area contributed by atoms with E-state index in [2.05, 4.69) is 39.2 Å². The van der Waals surface area contributed by atoms with E-state index < -0.39 is 0 Å². The first-order valence-corrected chi connectivity index (χ1v) is 8.99. The molecule has 0 radical (unpaired) electrons. The number of carbonyl (C=O) groups is 2. The van der Waals surface area contributed by atoms with Crippen molar-refractivity contribution in [3.8, 4) is 0 Å². The molecule has 3 saturated heterocycles. The van der Waals surface area contributed by atoms with Gasteiger partial charge >= 0.3 is 6.03 Å². The van der Waals surface area contributed by atoms with Gasteiger partial charge in [-0.1, -0.05) is 6.07 Å². The van der Waals surface area contributed by atoms with Crippen LogP contribution in [0.15, 0.2) is 24.3 Å². The Kier molecular flexibility index (Phi) is 4.35. The minimum Gasteiger partial charge on any atom is -0.368 e. The quantitative estimate of drug-likeness (QED) is 0.870. The molecule has 0 bridgehead atoms. The van der Waals surface area contributed by atoms with Gasteiger partial charge in [-0.15, -0.1) is 0 Å². The third kappa shape index (κ3) is 3.34. The van der Waals surface area contributed by atoms with Crippen LogP contribution in [0.25, 0.3) is 0 Å². The van der Waals surface area contributed by atoms with Crippen molar-refractivity contribution in [1.29, 1.82) is 0 Å². The molecule has 0 aliphatic carbocycles. The van der Waals surface area contributed by atoms with Gasteiger partial charge in [-0.3, -0.25) is 19.9 Å². The van der Waals surface area contributed by atoms with E-state index in [0.717, 1.165) is 50.6 Å². The van der Waals surface area contributed by atoms with Crippen molar-refractivity contribution in [3.05, 3.63) is 24.3 Å². The second-order valence-corrected chi connectivity index (χ2v) is 7.17. The predicted molar refractivity (Wildman–Crippen MR) is 97.0 cm³/mol. The van der Waals surface area contributed by atoms with Crippen LogP contribution >= 0.6 is 0 Å². The molecule has 134 valence electrons. The normalized spacial score (nSPS) is 23.6. The van der Waals surface area contributed by atoms with Crippen molar-refractivity contribution < 1.29 is 9.59 Å². The Balaban J connectivity index is 1.38. The molecule has 7 nitrogen and oxygen atoms in total. The highest BCUT2D eigenvalue weighted by atomic mass is 16.2. The average Bonchev–Trinajstić information content (AvgIpc) is 2.55. The summed E-state index contributed by atoms with van der Waals surface area (Å²) in [6.07, 6.45) is 0.352. The van der Waals surface area contributed by atoms with Crippen LogP contribution in [0, 0.1) is 0 Å². The lowest BCUT2D eigenvalue weighted by Gasteiger charge is -2.49. The van der Waals surface area contributed by atoms with E-state index in [9.17, 15) is 9.59 Å². The summed E-state index contributed by atoms with van der Waals surface area (Å²) in [5, 5.41) is 2.38. The summed E-state index contributed by atoms with van der Waals surface area (Å²) in [7, 11) is 2.18. The van der Waals surface area contributed by atoms with E-state index in [1.807, 2.05) is 12.1 Å². The van der Waals surface area contributed by atoms with Gasteiger partial charge in [-0.25, -0.2) is 4.79 Å². The van der Waals surface area contributed by atoms with Crippen LogP contribution in [-0.4, -0.2) is 80.6 Å². The van der Waals surface area contributed by atoms with Crippen LogP contribution in [-0.2, 0) is 4.79 Å². The van der Waals surface area contributed by atoms with Crippen LogP contribution < -0.4 is 15.1 Å². The topological polar surface area (TPSA) is 59.1 Å². The predicted octanol–water partition coefficient (Wildman–Crippen LogP) is 0.569. The summed E-state index contributed by atoms with van der Waals surface area (Å²) < 4.78 is 0. The molecular weight excluding hydrogens is 318 g/mol. The number of anilines is 2. The number of amides is 3. The van der Waals surface area contributed by atoms with E-state index in [-0.39, 0.29) is 11.9 Å². The molecule has 4 rings (SSSR count). The van der Waals surface area contributed by atoms with Crippen molar-refractivity contribution in [2.24, 2.45) is 0 Å². The lowest BCUT2D eigenvalue weighted by atomic mass is 10.0. The van der Waals surface area contributed by atoms with Crippen molar-refractivity contribution in [2.75, 3.05) is 62.7 Å². The van der Waals surface area contributed by atoms with Gasteiger partial charge in [-0.05, 0) is 25.2 Å². The van der Waals surface area contributed by atoms with Gasteiger partial charge in [-0.2, -0.15) is 0 Å². The number of likely N-dealkylation sites (N-methyl/N-ethyl adjacent to an activating group) is 1. The number of hydrogen-bond acceptors (Lipinski definition) is 5. The van der Waals surface area contributed by atoms with Crippen LogP contribution in [0.1, 0.15) is 6.42 Å². The second-order valence-electron chi connectivity index (χ2n) is 7.17. The zero-order valence-corrected chi connectivity index (χ0v) is 14.6. The highest BCUT2D eigenvalue weighted by Crippen LogP contribution is 2.28. The largest absolute Gasteiger partial charge is 0.368 e. The zero-order chi connectivity index (χ0) is 17.4. The number of nitrogens with one attached hydrogen (secondary N) is 1. The van der Waals surface area contributed by atoms with Crippen LogP contribution in [0.2, 0.25) is 0 Å². The molecule has 3 amide bonds. The Morgan fingerprint density at radius 1 is 1.00 bits per heavy atom. The zero-order valence-electron chi connectivity index (χ0n) is 14.6. The molecule has 3 aliphatic heterocycles. The molecule has 3 heterocycles. The Hall–Kier alpha value is -2.12. The Morgan fingerprint density at radius 3 is 2.44 bits per heavy atom. The van der Waals surface area contributed by atoms with Crippen molar-refractivity contribution in [2.45, 2.75) is 12.5 Å². The van der Waals surface area contributed by atoms with Gasteiger partial charge < -0.3 is 9.80 Å². The van der Waals surface area contributed by atoms with Gasteiger partial charge in [0.1, 0.15) is 0 Å². The molecule has 1 aromatic carbocycles. The van der Waals surface area contributed by atoms with Gasteiger partial charge in [0.2, 0.25) is 5.91 Å². The highest BCUT2D eigenvalue weighted by Gasteiger charge is 2.33. The molecule has 7 heteroatoms. The summed E-state index contributed by atoms with van der Waals surface area (Å²) in [4.78, 5) is 32.3. The maximum Gasteiger partial charge on any atom is 0.328 e. The van der Waals surface area contributed by atoms with Gasteiger partial charge in [0, 0.05) is 69.7 Å². The standard InChI is InChI=1S/C18H25N5O2/c1-20-7-9-21(10-8-20)16-12-22(13-16)14-3-2-4-15(11-14)23-6-5-17(24)19-18(23)25/h2-4,11,16H,5-10,12-13H2,1H3,(H,19,24,25). The van der Waals surface area contributed by atoms with Gasteiger partial charge in [0.25, 0.3) is 0 Å². The highest BCUT2D eigenvalue weighted by molar-refractivity contribution is 6.05. The van der Waals surface area contributed by atoms with Gasteiger partial charge in [0.15, 0.2) is 0 Å². The van der Waals surface area contributed by atoms with Gasteiger partial charge in [0.05, 0.1) is 0 Å². The summed E-state index contributed by atoms with van der Waals surface area (Å²) in [5.74, 6) is -0.199. The second kappa shape index (κ2) is 6.65. The van der Waals surface area contributed by atoms with E-state index in [0.29, 0.717) is 19.0 Å². The maximum atomic E-state index is 12.0.